The molecule has 1 amide bonds. The number of ether oxygens (including phenoxy) is 2. The summed E-state index contributed by atoms with van der Waals surface area (Å²) < 4.78 is 10.2. The van der Waals surface area contributed by atoms with Crippen LogP contribution in [0.1, 0.15) is 11.5 Å². The van der Waals surface area contributed by atoms with Crippen LogP contribution in [0.3, 0.4) is 0 Å². The highest BCUT2D eigenvalue weighted by atomic mass is 16.5. The molecule has 0 aliphatic carbocycles. The first kappa shape index (κ1) is 12.3. The summed E-state index contributed by atoms with van der Waals surface area (Å²) >= 11 is 0. The van der Waals surface area contributed by atoms with Crippen molar-refractivity contribution in [3.8, 4) is 11.5 Å². The van der Waals surface area contributed by atoms with Gasteiger partial charge in [0, 0.05) is 12.6 Å². The zero-order valence-corrected chi connectivity index (χ0v) is 9.40. The fraction of sp³-hybridized carbons (Fsp3) is 0.364. The Labute approximate surface area is 94.3 Å². The summed E-state index contributed by atoms with van der Waals surface area (Å²) in [5.74, 6) is 0.227. The van der Waals surface area contributed by atoms with E-state index in [0.29, 0.717) is 17.1 Å². The predicted octanol–water partition coefficient (Wildman–Crippen LogP) is 0.231. The van der Waals surface area contributed by atoms with Crippen molar-refractivity contribution in [3.05, 3.63) is 23.8 Å². The Morgan fingerprint density at radius 1 is 1.25 bits per heavy atom. The first-order chi connectivity index (χ1) is 7.62. The standard InChI is InChI=1S/C11H16N2O3/c1-15-8-3-7(4-9(5-8)16-2)10(6-12)11(13)14/h3-5,10H,6,12H2,1-2H3,(H2,13,14). The lowest BCUT2D eigenvalue weighted by Gasteiger charge is -2.14. The van der Waals surface area contributed by atoms with Crippen molar-refractivity contribution in [3.63, 3.8) is 0 Å². The van der Waals surface area contributed by atoms with Gasteiger partial charge in [0.15, 0.2) is 0 Å². The molecular weight excluding hydrogens is 208 g/mol. The van der Waals surface area contributed by atoms with Crippen molar-refractivity contribution >= 4 is 5.91 Å². The average molecular weight is 224 g/mol. The topological polar surface area (TPSA) is 87.6 Å². The summed E-state index contributed by atoms with van der Waals surface area (Å²) in [6.45, 7) is 0.158. The Hall–Kier alpha value is -1.75. The van der Waals surface area contributed by atoms with Crippen LogP contribution in [0.25, 0.3) is 0 Å². The summed E-state index contributed by atoms with van der Waals surface area (Å²) in [5.41, 5.74) is 11.5. The van der Waals surface area contributed by atoms with Crippen LogP contribution in [0.4, 0.5) is 0 Å². The molecule has 0 saturated heterocycles. The Morgan fingerprint density at radius 3 is 2.06 bits per heavy atom. The van der Waals surface area contributed by atoms with Crippen molar-refractivity contribution in [2.45, 2.75) is 5.92 Å². The Kier molecular flexibility index (Phi) is 4.13. The van der Waals surface area contributed by atoms with Crippen LogP contribution in [0, 0.1) is 0 Å². The monoisotopic (exact) mass is 224 g/mol. The number of hydrogen-bond acceptors (Lipinski definition) is 4. The van der Waals surface area contributed by atoms with E-state index < -0.39 is 11.8 Å². The van der Waals surface area contributed by atoms with Crippen LogP contribution in [-0.2, 0) is 4.79 Å². The number of carbonyl (C=O) groups is 1. The molecule has 0 aliphatic heterocycles. The summed E-state index contributed by atoms with van der Waals surface area (Å²) in [4.78, 5) is 11.2. The molecule has 5 heteroatoms. The molecule has 1 aromatic rings. The first-order valence-electron chi connectivity index (χ1n) is 4.84. The van der Waals surface area contributed by atoms with E-state index in [-0.39, 0.29) is 6.54 Å². The minimum Gasteiger partial charge on any atom is -0.497 e. The summed E-state index contributed by atoms with van der Waals surface area (Å²) in [6.07, 6.45) is 0. The molecule has 1 unspecified atom stereocenters. The van der Waals surface area contributed by atoms with Crippen LogP contribution < -0.4 is 20.9 Å². The van der Waals surface area contributed by atoms with Gasteiger partial charge in [0.1, 0.15) is 11.5 Å². The number of methoxy groups -OCH3 is 2. The van der Waals surface area contributed by atoms with Crippen LogP contribution in [-0.4, -0.2) is 26.7 Å². The van der Waals surface area contributed by atoms with Crippen LogP contribution >= 0.6 is 0 Å². The summed E-state index contributed by atoms with van der Waals surface area (Å²) in [5, 5.41) is 0. The highest BCUT2D eigenvalue weighted by molar-refractivity contribution is 5.82. The molecule has 0 heterocycles. The lowest BCUT2D eigenvalue weighted by molar-refractivity contribution is -0.119. The largest absolute Gasteiger partial charge is 0.497 e. The summed E-state index contributed by atoms with van der Waals surface area (Å²) in [6, 6.07) is 5.17. The van der Waals surface area contributed by atoms with Gasteiger partial charge < -0.3 is 20.9 Å². The smallest absolute Gasteiger partial charge is 0.226 e. The van der Waals surface area contributed by atoms with E-state index in [4.69, 9.17) is 20.9 Å². The Bertz CT molecular complexity index is 357. The number of benzene rings is 1. The molecule has 0 saturated carbocycles. The van der Waals surface area contributed by atoms with Crippen LogP contribution in [0.2, 0.25) is 0 Å². The van der Waals surface area contributed by atoms with Gasteiger partial charge in [-0.15, -0.1) is 0 Å². The minimum atomic E-state index is -0.524. The average Bonchev–Trinajstić information content (AvgIpc) is 2.29. The molecule has 0 radical (unpaired) electrons. The van der Waals surface area contributed by atoms with Gasteiger partial charge in [0.25, 0.3) is 0 Å². The summed E-state index contributed by atoms with van der Waals surface area (Å²) in [7, 11) is 3.08. The third-order valence-corrected chi connectivity index (χ3v) is 2.36. The zero-order chi connectivity index (χ0) is 12.1. The molecular formula is C11H16N2O3. The highest BCUT2D eigenvalue weighted by Crippen LogP contribution is 2.26. The fourth-order valence-electron chi connectivity index (χ4n) is 1.45. The molecule has 16 heavy (non-hydrogen) atoms. The third-order valence-electron chi connectivity index (χ3n) is 2.36. The number of nitrogens with two attached hydrogens (primary N) is 2. The molecule has 1 atom stereocenters. The number of amides is 1. The minimum absolute atomic E-state index is 0.158. The van der Waals surface area contributed by atoms with Gasteiger partial charge in [-0.05, 0) is 17.7 Å². The van der Waals surface area contributed by atoms with E-state index in [1.807, 2.05) is 0 Å². The predicted molar refractivity (Wildman–Crippen MR) is 60.5 cm³/mol. The highest BCUT2D eigenvalue weighted by Gasteiger charge is 2.17. The second-order valence-electron chi connectivity index (χ2n) is 3.34. The van der Waals surface area contributed by atoms with Crippen molar-refractivity contribution < 1.29 is 14.3 Å². The van der Waals surface area contributed by atoms with Crippen LogP contribution in [0.15, 0.2) is 18.2 Å². The van der Waals surface area contributed by atoms with Crippen molar-refractivity contribution in [2.75, 3.05) is 20.8 Å². The maximum Gasteiger partial charge on any atom is 0.226 e. The van der Waals surface area contributed by atoms with Gasteiger partial charge in [0.05, 0.1) is 20.1 Å². The van der Waals surface area contributed by atoms with Crippen molar-refractivity contribution in [1.29, 1.82) is 0 Å². The molecule has 1 rings (SSSR count). The van der Waals surface area contributed by atoms with Gasteiger partial charge in [-0.3, -0.25) is 4.79 Å². The van der Waals surface area contributed by atoms with Gasteiger partial charge in [0.2, 0.25) is 5.91 Å². The lowest BCUT2D eigenvalue weighted by Crippen LogP contribution is -2.27. The van der Waals surface area contributed by atoms with E-state index in [9.17, 15) is 4.79 Å². The van der Waals surface area contributed by atoms with E-state index in [1.165, 1.54) is 0 Å². The van der Waals surface area contributed by atoms with Crippen LogP contribution in [0.5, 0.6) is 11.5 Å². The van der Waals surface area contributed by atoms with E-state index >= 15 is 0 Å². The fourth-order valence-corrected chi connectivity index (χ4v) is 1.45. The Balaban J connectivity index is 3.15. The quantitative estimate of drug-likeness (QED) is 0.749. The molecule has 0 bridgehead atoms. The number of rotatable bonds is 5. The molecule has 1 aromatic carbocycles. The molecule has 5 nitrogen and oxygen atoms in total. The number of primary amides is 1. The number of carbonyl (C=O) groups excluding carboxylic acids is 1. The lowest BCUT2D eigenvalue weighted by atomic mass is 9.98. The molecule has 0 fully saturated rings. The van der Waals surface area contributed by atoms with E-state index in [2.05, 4.69) is 0 Å². The second kappa shape index (κ2) is 5.37. The van der Waals surface area contributed by atoms with E-state index in [1.54, 1.807) is 32.4 Å². The van der Waals surface area contributed by atoms with Gasteiger partial charge >= 0.3 is 0 Å². The van der Waals surface area contributed by atoms with Gasteiger partial charge in [-0.2, -0.15) is 0 Å². The van der Waals surface area contributed by atoms with Gasteiger partial charge in [-0.1, -0.05) is 0 Å². The second-order valence-corrected chi connectivity index (χ2v) is 3.34. The maximum atomic E-state index is 11.2. The molecule has 88 valence electrons. The molecule has 0 aliphatic rings. The normalized spacial score (nSPS) is 11.9. The van der Waals surface area contributed by atoms with Gasteiger partial charge in [-0.25, -0.2) is 0 Å². The zero-order valence-electron chi connectivity index (χ0n) is 9.40. The maximum absolute atomic E-state index is 11.2. The first-order valence-corrected chi connectivity index (χ1v) is 4.84. The molecule has 0 spiro atoms. The molecule has 0 aromatic heterocycles. The van der Waals surface area contributed by atoms with E-state index in [0.717, 1.165) is 0 Å². The Morgan fingerprint density at radius 2 is 1.75 bits per heavy atom. The SMILES string of the molecule is COc1cc(OC)cc(C(CN)C(N)=O)c1. The third kappa shape index (κ3) is 2.64. The van der Waals surface area contributed by atoms with Crippen molar-refractivity contribution in [2.24, 2.45) is 11.5 Å². The number of hydrogen-bond donors (Lipinski definition) is 2. The molecule has 4 N–H and O–H groups in total. The van der Waals surface area contributed by atoms with Crippen molar-refractivity contribution in [1.82, 2.24) is 0 Å².